The first kappa shape index (κ1) is 17.5. The monoisotopic (exact) mass is 360 g/mol. The summed E-state index contributed by atoms with van der Waals surface area (Å²) in [5.74, 6) is -1.39. The summed E-state index contributed by atoms with van der Waals surface area (Å²) in [7, 11) is 1.79. The Morgan fingerprint density at radius 3 is 2.48 bits per heavy atom. The van der Waals surface area contributed by atoms with Crippen molar-refractivity contribution >= 4 is 39.4 Å². The first-order valence-electron chi connectivity index (χ1n) is 8.07. The fourth-order valence-electron chi connectivity index (χ4n) is 2.71. The van der Waals surface area contributed by atoms with Crippen LogP contribution < -0.4 is 0 Å². The molecule has 2 heterocycles. The van der Waals surface area contributed by atoms with E-state index in [9.17, 15) is 14.4 Å². The van der Waals surface area contributed by atoms with Crippen molar-refractivity contribution in [3.63, 3.8) is 0 Å². The van der Waals surface area contributed by atoms with E-state index in [0.717, 1.165) is 25.0 Å². The lowest BCUT2D eigenvalue weighted by Crippen LogP contribution is -2.41. The number of hydrogen-bond donors (Lipinski definition) is 0. The zero-order valence-corrected chi connectivity index (χ0v) is 15.2. The molecule has 1 fully saturated rings. The maximum Gasteiger partial charge on any atom is 0.335 e. The van der Waals surface area contributed by atoms with Gasteiger partial charge in [-0.3, -0.25) is 19.4 Å². The number of urea groups is 1. The Kier molecular flexibility index (Phi) is 4.82. The number of benzene rings is 1. The topological polar surface area (TPSA) is 73.8 Å². The summed E-state index contributed by atoms with van der Waals surface area (Å²) in [5, 5.41) is 0.896. The fourth-order valence-corrected chi connectivity index (χ4v) is 3.76. The first-order chi connectivity index (χ1) is 11.9. The molecule has 0 radical (unpaired) electrons. The van der Waals surface area contributed by atoms with Crippen molar-refractivity contribution in [3.8, 4) is 0 Å². The maximum absolute atomic E-state index is 12.4. The Bertz CT molecular complexity index is 799. The van der Waals surface area contributed by atoms with Gasteiger partial charge in [-0.2, -0.15) is 0 Å². The number of carbonyl (C=O) groups is 3. The first-order valence-corrected chi connectivity index (χ1v) is 8.88. The zero-order chi connectivity index (χ0) is 18.1. The molecular formula is C17H20N4O3S. The Balaban J connectivity index is 1.67. The van der Waals surface area contributed by atoms with Crippen LogP contribution in [0.2, 0.25) is 0 Å². The SMILES string of the molecule is CC(C)CN1C(=O)C(=O)N(CN(C)Cc2nc3ccccc3s2)C1=O. The summed E-state index contributed by atoms with van der Waals surface area (Å²) in [4.78, 5) is 44.9. The average Bonchev–Trinajstić information content (AvgIpc) is 3.04. The summed E-state index contributed by atoms with van der Waals surface area (Å²) in [6.45, 7) is 4.60. The van der Waals surface area contributed by atoms with Gasteiger partial charge in [0.05, 0.1) is 23.4 Å². The van der Waals surface area contributed by atoms with Gasteiger partial charge in [-0.05, 0) is 25.1 Å². The molecule has 0 saturated carbocycles. The molecule has 1 aliphatic heterocycles. The number of fused-ring (bicyclic) bond motifs is 1. The smallest absolute Gasteiger partial charge is 0.282 e. The van der Waals surface area contributed by atoms with Gasteiger partial charge in [0.2, 0.25) is 0 Å². The van der Waals surface area contributed by atoms with Crippen LogP contribution in [-0.2, 0) is 16.1 Å². The molecule has 0 N–H and O–H groups in total. The van der Waals surface area contributed by atoms with Gasteiger partial charge >= 0.3 is 17.8 Å². The second-order valence-corrected chi connectivity index (χ2v) is 7.67. The quantitative estimate of drug-likeness (QED) is 0.583. The number of rotatable bonds is 6. The van der Waals surface area contributed by atoms with Crippen molar-refractivity contribution in [1.82, 2.24) is 19.7 Å². The molecular weight excluding hydrogens is 340 g/mol. The molecule has 0 unspecified atom stereocenters. The van der Waals surface area contributed by atoms with Crippen LogP contribution in [0, 0.1) is 5.92 Å². The normalized spacial score (nSPS) is 15.5. The fraction of sp³-hybridized carbons (Fsp3) is 0.412. The minimum atomic E-state index is -0.762. The third-order valence-electron chi connectivity index (χ3n) is 3.81. The van der Waals surface area contributed by atoms with Gasteiger partial charge in [0.25, 0.3) is 0 Å². The van der Waals surface area contributed by atoms with Crippen LogP contribution in [0.5, 0.6) is 0 Å². The maximum atomic E-state index is 12.4. The van der Waals surface area contributed by atoms with Crippen LogP contribution in [0.1, 0.15) is 18.9 Å². The van der Waals surface area contributed by atoms with E-state index in [4.69, 9.17) is 0 Å². The zero-order valence-electron chi connectivity index (χ0n) is 14.4. The molecule has 1 saturated heterocycles. The standard InChI is InChI=1S/C17H20N4O3S/c1-11(2)8-20-15(22)16(23)21(17(20)24)10-19(3)9-14-18-12-6-4-5-7-13(12)25-14/h4-7,11H,8-10H2,1-3H3. The van der Waals surface area contributed by atoms with Gasteiger partial charge in [0.1, 0.15) is 5.01 Å². The largest absolute Gasteiger partial charge is 0.335 e. The van der Waals surface area contributed by atoms with Crippen LogP contribution in [0.4, 0.5) is 4.79 Å². The molecule has 25 heavy (non-hydrogen) atoms. The number of carbonyl (C=O) groups excluding carboxylic acids is 3. The highest BCUT2D eigenvalue weighted by atomic mass is 32.1. The molecule has 1 aromatic heterocycles. The average molecular weight is 360 g/mol. The minimum absolute atomic E-state index is 0.0634. The van der Waals surface area contributed by atoms with Gasteiger partial charge in [0.15, 0.2) is 0 Å². The molecule has 2 aromatic rings. The number of hydrogen-bond acceptors (Lipinski definition) is 6. The summed E-state index contributed by atoms with van der Waals surface area (Å²) < 4.78 is 1.09. The molecule has 0 spiro atoms. The van der Waals surface area contributed by atoms with Gasteiger partial charge in [0, 0.05) is 6.54 Å². The summed E-state index contributed by atoms with van der Waals surface area (Å²) in [6.07, 6.45) is 0. The molecule has 1 aliphatic rings. The third-order valence-corrected chi connectivity index (χ3v) is 4.83. The van der Waals surface area contributed by atoms with Crippen molar-refractivity contribution in [2.75, 3.05) is 20.3 Å². The predicted octanol–water partition coefficient (Wildman–Crippen LogP) is 2.13. The molecule has 132 valence electrons. The number of amides is 4. The Hall–Kier alpha value is -2.32. The lowest BCUT2D eigenvalue weighted by atomic mass is 10.2. The van der Waals surface area contributed by atoms with Crippen molar-refractivity contribution in [3.05, 3.63) is 29.3 Å². The number of thiazole rings is 1. The van der Waals surface area contributed by atoms with E-state index in [2.05, 4.69) is 4.98 Å². The van der Waals surface area contributed by atoms with Gasteiger partial charge in [-0.25, -0.2) is 14.7 Å². The van der Waals surface area contributed by atoms with E-state index in [1.807, 2.05) is 38.1 Å². The number of aromatic nitrogens is 1. The van der Waals surface area contributed by atoms with Crippen LogP contribution in [-0.4, -0.2) is 57.8 Å². The van der Waals surface area contributed by atoms with Crippen molar-refractivity contribution in [2.24, 2.45) is 5.92 Å². The van der Waals surface area contributed by atoms with E-state index < -0.39 is 17.8 Å². The lowest BCUT2D eigenvalue weighted by molar-refractivity contribution is -0.144. The molecule has 0 aliphatic carbocycles. The Morgan fingerprint density at radius 1 is 1.12 bits per heavy atom. The Labute approximate surface area is 149 Å². The lowest BCUT2D eigenvalue weighted by Gasteiger charge is -2.22. The predicted molar refractivity (Wildman–Crippen MR) is 94.7 cm³/mol. The van der Waals surface area contributed by atoms with Crippen LogP contribution in [0.3, 0.4) is 0 Å². The van der Waals surface area contributed by atoms with Crippen LogP contribution >= 0.6 is 11.3 Å². The molecule has 1 aromatic carbocycles. The summed E-state index contributed by atoms with van der Waals surface area (Å²) in [5.41, 5.74) is 0.933. The van der Waals surface area contributed by atoms with Gasteiger partial charge in [-0.1, -0.05) is 26.0 Å². The summed E-state index contributed by atoms with van der Waals surface area (Å²) in [6, 6.07) is 7.31. The highest BCUT2D eigenvalue weighted by Gasteiger charge is 2.44. The molecule has 3 rings (SSSR count). The van der Waals surface area contributed by atoms with Crippen molar-refractivity contribution in [2.45, 2.75) is 20.4 Å². The Morgan fingerprint density at radius 2 is 1.80 bits per heavy atom. The van der Waals surface area contributed by atoms with Crippen molar-refractivity contribution < 1.29 is 14.4 Å². The van der Waals surface area contributed by atoms with Crippen LogP contribution in [0.15, 0.2) is 24.3 Å². The van der Waals surface area contributed by atoms with E-state index in [-0.39, 0.29) is 19.1 Å². The van der Waals surface area contributed by atoms with Gasteiger partial charge < -0.3 is 0 Å². The van der Waals surface area contributed by atoms with E-state index in [1.54, 1.807) is 23.3 Å². The third kappa shape index (κ3) is 3.54. The molecule has 7 nitrogen and oxygen atoms in total. The molecule has 0 bridgehead atoms. The van der Waals surface area contributed by atoms with E-state index >= 15 is 0 Å². The second-order valence-electron chi connectivity index (χ2n) is 6.56. The highest BCUT2D eigenvalue weighted by molar-refractivity contribution is 7.18. The molecule has 4 amide bonds. The van der Waals surface area contributed by atoms with E-state index in [0.29, 0.717) is 6.54 Å². The van der Waals surface area contributed by atoms with E-state index in [1.165, 1.54) is 0 Å². The van der Waals surface area contributed by atoms with Crippen molar-refractivity contribution in [1.29, 1.82) is 0 Å². The highest BCUT2D eigenvalue weighted by Crippen LogP contribution is 2.23. The molecule has 0 atom stereocenters. The number of para-hydroxylation sites is 1. The van der Waals surface area contributed by atoms with Crippen LogP contribution in [0.25, 0.3) is 10.2 Å². The molecule has 8 heteroatoms. The minimum Gasteiger partial charge on any atom is -0.282 e. The summed E-state index contributed by atoms with van der Waals surface area (Å²) >= 11 is 1.58. The number of nitrogens with zero attached hydrogens (tertiary/aromatic N) is 4. The van der Waals surface area contributed by atoms with Gasteiger partial charge in [-0.15, -0.1) is 11.3 Å². The number of imide groups is 2. The second kappa shape index (κ2) is 6.89.